The summed E-state index contributed by atoms with van der Waals surface area (Å²) in [6, 6.07) is 0. The van der Waals surface area contributed by atoms with Crippen LogP contribution in [0.15, 0.2) is 0 Å². The fourth-order valence-corrected chi connectivity index (χ4v) is 18.0. The fraction of sp³-hybridized carbons (Fsp3) is 1.00. The van der Waals surface area contributed by atoms with E-state index in [0.29, 0.717) is 0 Å². The van der Waals surface area contributed by atoms with Crippen LogP contribution in [0.4, 0.5) is 0 Å². The first-order valence-electron chi connectivity index (χ1n) is 13.0. The molecule has 0 spiro atoms. The minimum atomic E-state index is -0.0957. The molecule has 4 heteroatoms. The van der Waals surface area contributed by atoms with Gasteiger partial charge in [-0.15, -0.1) is 0 Å². The van der Waals surface area contributed by atoms with Crippen LogP contribution in [0.3, 0.4) is 0 Å². The van der Waals surface area contributed by atoms with E-state index in [-0.39, 0.29) is 52.6 Å². The zero-order chi connectivity index (χ0) is 24.9. The van der Waals surface area contributed by atoms with Crippen molar-refractivity contribution in [2.45, 2.75) is 174 Å². The maximum Gasteiger partial charge on any atom is 0.0561 e. The van der Waals surface area contributed by atoms with E-state index in [4.69, 9.17) is 0 Å². The first kappa shape index (κ1) is 39.7. The zero-order valence-electron chi connectivity index (χ0n) is 25.1. The smallest absolute Gasteiger partial charge is 0.0561 e. The van der Waals surface area contributed by atoms with Gasteiger partial charge in [-0.1, -0.05) is 174 Å². The standard InChI is InChI=1S/3C9H21Si.Bi/c3*1-7(2)10(8(3)4)9(5)6;/h3*7-9H,1-6H3;. The van der Waals surface area contributed by atoms with E-state index in [1.165, 1.54) is 0 Å². The van der Waals surface area contributed by atoms with E-state index in [1.807, 2.05) is 0 Å². The van der Waals surface area contributed by atoms with E-state index in [2.05, 4.69) is 125 Å². The van der Waals surface area contributed by atoms with Crippen molar-refractivity contribution in [2.75, 3.05) is 0 Å². The summed E-state index contributed by atoms with van der Waals surface area (Å²) in [5.41, 5.74) is 8.42. The first-order valence-corrected chi connectivity index (χ1v) is 18.2. The predicted octanol–water partition coefficient (Wildman–Crippen LogP) is 10.8. The topological polar surface area (TPSA) is 0 Å². The quantitative estimate of drug-likeness (QED) is 0.213. The van der Waals surface area contributed by atoms with Crippen molar-refractivity contribution in [3.63, 3.8) is 0 Å². The summed E-state index contributed by atoms with van der Waals surface area (Å²) in [4.78, 5) is 0. The van der Waals surface area contributed by atoms with Crippen molar-refractivity contribution < 1.29 is 0 Å². The summed E-state index contributed by atoms with van der Waals surface area (Å²) in [5.74, 6) is 0. The molecular formula is C27H63BiSi3. The third-order valence-corrected chi connectivity index (χ3v) is 18.0. The molecule has 0 fully saturated rings. The van der Waals surface area contributed by atoms with Crippen LogP contribution in [-0.2, 0) is 0 Å². The molecule has 188 valence electrons. The molecule has 0 atom stereocenters. The molecule has 0 N–H and O–H groups in total. The molecule has 0 amide bonds. The van der Waals surface area contributed by atoms with Crippen LogP contribution >= 0.6 is 0 Å². The largest absolute Gasteiger partial charge is 0.0653 e. The van der Waals surface area contributed by atoms with E-state index in [0.717, 1.165) is 49.9 Å². The van der Waals surface area contributed by atoms with Crippen LogP contribution in [0.5, 0.6) is 0 Å². The molecule has 0 saturated carbocycles. The molecule has 0 aromatic rings. The summed E-state index contributed by atoms with van der Waals surface area (Å²) in [7, 11) is -0.287. The van der Waals surface area contributed by atoms with Crippen molar-refractivity contribution in [3.05, 3.63) is 0 Å². The van der Waals surface area contributed by atoms with E-state index < -0.39 is 0 Å². The van der Waals surface area contributed by atoms with Gasteiger partial charge >= 0.3 is 0 Å². The molecule has 31 heavy (non-hydrogen) atoms. The van der Waals surface area contributed by atoms with Crippen LogP contribution in [-0.4, -0.2) is 52.6 Å². The SMILES string of the molecule is CC(C)[Si](C(C)C)C(C)C.CC(C)[Si](C(C)C)C(C)C.CC(C)[Si](C(C)C)C(C)C.[Bi]. The second kappa shape index (κ2) is 20.9. The van der Waals surface area contributed by atoms with Gasteiger partial charge in [-0.3, -0.25) is 0 Å². The number of hydrogen-bond donors (Lipinski definition) is 0. The molecule has 0 aliphatic rings. The van der Waals surface area contributed by atoms with E-state index in [1.54, 1.807) is 0 Å². The average Bonchev–Trinajstić information content (AvgIpc) is 2.43. The Morgan fingerprint density at radius 1 is 0.226 bits per heavy atom. The van der Waals surface area contributed by atoms with Gasteiger partial charge in [0.2, 0.25) is 0 Å². The van der Waals surface area contributed by atoms with Crippen molar-refractivity contribution in [2.24, 2.45) is 0 Å². The Kier molecular flexibility index (Phi) is 26.7. The molecule has 0 aliphatic heterocycles. The molecule has 0 rings (SSSR count). The molecule has 0 heterocycles. The average molecular weight is 681 g/mol. The molecule has 6 radical (unpaired) electrons. The Balaban J connectivity index is -0.000000174. The van der Waals surface area contributed by atoms with Gasteiger partial charge in [0.25, 0.3) is 0 Å². The number of hydrogen-bond acceptors (Lipinski definition) is 0. The van der Waals surface area contributed by atoms with E-state index >= 15 is 0 Å². The Labute approximate surface area is 225 Å². The van der Waals surface area contributed by atoms with Crippen LogP contribution < -0.4 is 0 Å². The number of rotatable bonds is 9. The van der Waals surface area contributed by atoms with Gasteiger partial charge in [-0.2, -0.15) is 0 Å². The minimum Gasteiger partial charge on any atom is -0.0653 e. The summed E-state index contributed by atoms with van der Waals surface area (Å²) in [5, 5.41) is 0. The third-order valence-electron chi connectivity index (χ3n) is 6.00. The van der Waals surface area contributed by atoms with Crippen molar-refractivity contribution >= 4 is 52.6 Å². The van der Waals surface area contributed by atoms with Crippen molar-refractivity contribution in [3.8, 4) is 0 Å². The maximum atomic E-state index is 2.37. The molecule has 0 aromatic heterocycles. The zero-order valence-corrected chi connectivity index (χ0v) is 31.6. The monoisotopic (exact) mass is 680 g/mol. The Bertz CT molecular complexity index is 261. The van der Waals surface area contributed by atoms with Gasteiger partial charge in [0, 0.05) is 26.2 Å². The molecular weight excluding hydrogens is 618 g/mol. The van der Waals surface area contributed by atoms with Gasteiger partial charge in [-0.25, -0.2) is 0 Å². The van der Waals surface area contributed by atoms with Crippen molar-refractivity contribution in [1.82, 2.24) is 0 Å². The maximum absolute atomic E-state index is 2.37. The van der Waals surface area contributed by atoms with Gasteiger partial charge in [-0.05, 0) is 0 Å². The van der Waals surface area contributed by atoms with E-state index in [9.17, 15) is 0 Å². The van der Waals surface area contributed by atoms with Gasteiger partial charge in [0.15, 0.2) is 0 Å². The third kappa shape index (κ3) is 19.5. The summed E-state index contributed by atoms with van der Waals surface area (Å²) in [6.45, 7) is 42.6. The van der Waals surface area contributed by atoms with Crippen LogP contribution in [0.2, 0.25) is 49.9 Å². The van der Waals surface area contributed by atoms with Crippen LogP contribution in [0.1, 0.15) is 125 Å². The molecule has 0 saturated heterocycles. The fourth-order valence-electron chi connectivity index (χ4n) is 6.00. The Morgan fingerprint density at radius 2 is 0.290 bits per heavy atom. The van der Waals surface area contributed by atoms with Gasteiger partial charge < -0.3 is 0 Å². The van der Waals surface area contributed by atoms with Crippen LogP contribution in [0, 0.1) is 0 Å². The van der Waals surface area contributed by atoms with Crippen molar-refractivity contribution in [1.29, 1.82) is 0 Å². The summed E-state index contributed by atoms with van der Waals surface area (Å²) < 4.78 is 0. The minimum absolute atomic E-state index is 0. The molecule has 0 nitrogen and oxygen atoms in total. The molecule has 0 unspecified atom stereocenters. The van der Waals surface area contributed by atoms with Gasteiger partial charge in [0.05, 0.1) is 26.4 Å². The molecule has 0 aromatic carbocycles. The Hall–Kier alpha value is 1.53. The predicted molar refractivity (Wildman–Crippen MR) is 159 cm³/mol. The molecule has 0 bridgehead atoms. The van der Waals surface area contributed by atoms with Crippen LogP contribution in [0.25, 0.3) is 0 Å². The normalized spacial score (nSPS) is 12.2. The Morgan fingerprint density at radius 3 is 0.290 bits per heavy atom. The second-order valence-electron chi connectivity index (χ2n) is 11.9. The van der Waals surface area contributed by atoms with Gasteiger partial charge in [0.1, 0.15) is 0 Å². The summed E-state index contributed by atoms with van der Waals surface area (Å²) >= 11 is 0. The molecule has 0 aliphatic carbocycles. The summed E-state index contributed by atoms with van der Waals surface area (Å²) in [6.07, 6.45) is 0. The second-order valence-corrected chi connectivity index (χ2v) is 25.3. The first-order chi connectivity index (χ1) is 13.4.